The van der Waals surface area contributed by atoms with Crippen LogP contribution >= 0.6 is 0 Å². The summed E-state index contributed by atoms with van der Waals surface area (Å²) in [4.78, 5) is 11.0. The Labute approximate surface area is 122 Å². The van der Waals surface area contributed by atoms with Crippen LogP contribution in [-0.2, 0) is 11.2 Å². The van der Waals surface area contributed by atoms with Crippen LogP contribution < -0.4 is 5.32 Å². The summed E-state index contributed by atoms with van der Waals surface area (Å²) in [5, 5.41) is 12.2. The Kier molecular flexibility index (Phi) is 4.73. The number of carbonyl (C=O) groups is 1. The molecule has 0 radical (unpaired) electrons. The van der Waals surface area contributed by atoms with E-state index in [1.807, 2.05) is 37.3 Å². The van der Waals surface area contributed by atoms with Gasteiger partial charge >= 0.3 is 5.92 Å². The second kappa shape index (κ2) is 6.35. The molecule has 2 N–H and O–H groups in total. The maximum absolute atomic E-state index is 13.1. The van der Waals surface area contributed by atoms with Crippen LogP contribution in [0.2, 0.25) is 0 Å². The van der Waals surface area contributed by atoms with E-state index >= 15 is 0 Å². The van der Waals surface area contributed by atoms with Gasteiger partial charge in [-0.25, -0.2) is 0 Å². The lowest BCUT2D eigenvalue weighted by Gasteiger charge is -2.16. The monoisotopic (exact) mass is 295 g/mol. The second-order valence-corrected chi connectivity index (χ2v) is 5.53. The van der Waals surface area contributed by atoms with Crippen LogP contribution in [-0.4, -0.2) is 29.1 Å². The highest BCUT2D eigenvalue weighted by Crippen LogP contribution is 2.27. The first-order valence-electron chi connectivity index (χ1n) is 6.97. The first-order chi connectivity index (χ1) is 9.88. The van der Waals surface area contributed by atoms with E-state index in [4.69, 9.17) is 0 Å². The average Bonchev–Trinajstić information content (AvgIpc) is 2.70. The molecular formula is C16H19F2NO2. The van der Waals surface area contributed by atoms with Crippen molar-refractivity contribution in [3.63, 3.8) is 0 Å². The van der Waals surface area contributed by atoms with Crippen LogP contribution in [0.3, 0.4) is 0 Å². The van der Waals surface area contributed by atoms with Gasteiger partial charge in [-0.1, -0.05) is 49.4 Å². The average molecular weight is 295 g/mol. The molecule has 3 atom stereocenters. The van der Waals surface area contributed by atoms with Gasteiger partial charge in [0.05, 0.1) is 12.1 Å². The molecule has 1 aromatic rings. The Morgan fingerprint density at radius 3 is 2.67 bits per heavy atom. The summed E-state index contributed by atoms with van der Waals surface area (Å²) in [7, 11) is 0. The highest BCUT2D eigenvalue weighted by Gasteiger charge is 2.47. The van der Waals surface area contributed by atoms with E-state index in [1.165, 1.54) is 12.2 Å². The highest BCUT2D eigenvalue weighted by atomic mass is 19.3. The lowest BCUT2D eigenvalue weighted by atomic mass is 9.95. The lowest BCUT2D eigenvalue weighted by molar-refractivity contribution is -0.139. The molecule has 1 saturated heterocycles. The Hall–Kier alpha value is -1.75. The van der Waals surface area contributed by atoms with Crippen LogP contribution in [0.25, 0.3) is 0 Å². The predicted molar refractivity (Wildman–Crippen MR) is 76.0 cm³/mol. The molecule has 1 heterocycles. The normalized spacial score (nSPS) is 24.0. The molecule has 3 nitrogen and oxygen atoms in total. The van der Waals surface area contributed by atoms with Crippen LogP contribution in [0.4, 0.5) is 8.78 Å². The summed E-state index contributed by atoms with van der Waals surface area (Å²) in [5.74, 6) is -4.60. The molecule has 0 unspecified atom stereocenters. The minimum Gasteiger partial charge on any atom is -0.389 e. The first-order valence-corrected chi connectivity index (χ1v) is 6.97. The Balaban J connectivity index is 1.88. The molecule has 0 aliphatic carbocycles. The zero-order chi connectivity index (χ0) is 15.5. The minimum atomic E-state index is -3.31. The molecule has 1 aromatic carbocycles. The molecule has 1 aliphatic heterocycles. The van der Waals surface area contributed by atoms with Gasteiger partial charge in [0.2, 0.25) is 0 Å². The number of amides is 1. The number of hydrogen-bond acceptors (Lipinski definition) is 2. The predicted octanol–water partition coefficient (Wildman–Crippen LogP) is 2.31. The summed E-state index contributed by atoms with van der Waals surface area (Å²) < 4.78 is 26.1. The number of aliphatic hydroxyl groups excluding tert-OH is 1. The minimum absolute atomic E-state index is 0.0405. The number of carbonyl (C=O) groups excluding carboxylic acids is 1. The molecule has 0 saturated carbocycles. The Morgan fingerprint density at radius 1 is 1.43 bits per heavy atom. The van der Waals surface area contributed by atoms with Gasteiger partial charge in [0.25, 0.3) is 5.91 Å². The third-order valence-electron chi connectivity index (χ3n) is 3.65. The molecule has 114 valence electrons. The van der Waals surface area contributed by atoms with E-state index in [0.29, 0.717) is 6.42 Å². The van der Waals surface area contributed by atoms with Crippen LogP contribution in [0.1, 0.15) is 18.9 Å². The third-order valence-corrected chi connectivity index (χ3v) is 3.65. The standard InChI is InChI=1S/C16H19F2NO2/c1-11(9-12-5-3-2-4-6-12)14(20)8-7-13-10-16(17,18)15(21)19-13/h2-8,11,13-14,20H,9-10H2,1H3,(H,19,21)/b8-7+/t11-,13-,14+/m0/s1. The fraction of sp³-hybridized carbons (Fsp3) is 0.438. The number of nitrogens with one attached hydrogen (secondary N) is 1. The molecular weight excluding hydrogens is 276 g/mol. The Bertz CT molecular complexity index is 516. The number of halogens is 2. The maximum atomic E-state index is 13.1. The number of hydrogen-bond donors (Lipinski definition) is 2. The molecule has 21 heavy (non-hydrogen) atoms. The number of rotatable bonds is 5. The van der Waals surface area contributed by atoms with E-state index in [1.54, 1.807) is 0 Å². The SMILES string of the molecule is C[C@@H](Cc1ccccc1)[C@H](O)/C=C/[C@H]1CC(F)(F)C(=O)N1. The van der Waals surface area contributed by atoms with Crippen LogP contribution in [0.5, 0.6) is 0 Å². The van der Waals surface area contributed by atoms with Crippen molar-refractivity contribution in [2.75, 3.05) is 0 Å². The number of benzene rings is 1. The van der Waals surface area contributed by atoms with E-state index in [0.717, 1.165) is 5.56 Å². The Morgan fingerprint density at radius 2 is 2.10 bits per heavy atom. The lowest BCUT2D eigenvalue weighted by Crippen LogP contribution is -2.30. The van der Waals surface area contributed by atoms with Crippen molar-refractivity contribution in [3.05, 3.63) is 48.0 Å². The number of alkyl halides is 2. The molecule has 1 fully saturated rings. The molecule has 0 spiro atoms. The summed E-state index contributed by atoms with van der Waals surface area (Å²) >= 11 is 0. The van der Waals surface area contributed by atoms with E-state index in [2.05, 4.69) is 5.32 Å². The van der Waals surface area contributed by atoms with Gasteiger partial charge in [0.1, 0.15) is 0 Å². The summed E-state index contributed by atoms with van der Waals surface area (Å²) in [5.41, 5.74) is 1.11. The van der Waals surface area contributed by atoms with Crippen molar-refractivity contribution in [1.82, 2.24) is 5.32 Å². The maximum Gasteiger partial charge on any atom is 0.326 e. The fourth-order valence-corrected chi connectivity index (χ4v) is 2.35. The van der Waals surface area contributed by atoms with Crippen molar-refractivity contribution in [2.24, 2.45) is 5.92 Å². The van der Waals surface area contributed by atoms with Gasteiger partial charge in [-0.3, -0.25) is 4.79 Å². The quantitative estimate of drug-likeness (QED) is 0.819. The van der Waals surface area contributed by atoms with Gasteiger partial charge < -0.3 is 10.4 Å². The topological polar surface area (TPSA) is 49.3 Å². The largest absolute Gasteiger partial charge is 0.389 e. The van der Waals surface area contributed by atoms with Crippen LogP contribution in [0.15, 0.2) is 42.5 Å². The van der Waals surface area contributed by atoms with Crippen molar-refractivity contribution in [1.29, 1.82) is 0 Å². The highest BCUT2D eigenvalue weighted by molar-refractivity contribution is 5.86. The summed E-state index contributed by atoms with van der Waals surface area (Å²) in [6, 6.07) is 9.02. The van der Waals surface area contributed by atoms with Gasteiger partial charge in [-0.05, 0) is 17.9 Å². The van der Waals surface area contributed by atoms with Crippen molar-refractivity contribution in [3.8, 4) is 0 Å². The van der Waals surface area contributed by atoms with Gasteiger partial charge in [-0.15, -0.1) is 0 Å². The third kappa shape index (κ3) is 4.11. The van der Waals surface area contributed by atoms with Gasteiger partial charge in [-0.2, -0.15) is 8.78 Å². The van der Waals surface area contributed by atoms with Gasteiger partial charge in [0, 0.05) is 6.42 Å². The molecule has 2 rings (SSSR count). The van der Waals surface area contributed by atoms with Crippen molar-refractivity contribution in [2.45, 2.75) is 37.8 Å². The van der Waals surface area contributed by atoms with E-state index < -0.39 is 30.4 Å². The van der Waals surface area contributed by atoms with Crippen LogP contribution in [0, 0.1) is 5.92 Å². The van der Waals surface area contributed by atoms with E-state index in [-0.39, 0.29) is 5.92 Å². The van der Waals surface area contributed by atoms with Gasteiger partial charge in [0.15, 0.2) is 0 Å². The zero-order valence-electron chi connectivity index (χ0n) is 11.8. The summed E-state index contributed by atoms with van der Waals surface area (Å²) in [6.07, 6.45) is 2.34. The molecule has 5 heteroatoms. The first kappa shape index (κ1) is 15.6. The smallest absolute Gasteiger partial charge is 0.326 e. The molecule has 0 bridgehead atoms. The second-order valence-electron chi connectivity index (χ2n) is 5.53. The summed E-state index contributed by atoms with van der Waals surface area (Å²) in [6.45, 7) is 1.89. The van der Waals surface area contributed by atoms with E-state index in [9.17, 15) is 18.7 Å². The van der Waals surface area contributed by atoms with Crippen molar-refractivity contribution >= 4 is 5.91 Å². The van der Waals surface area contributed by atoms with Crippen molar-refractivity contribution < 1.29 is 18.7 Å². The molecule has 1 amide bonds. The molecule has 0 aromatic heterocycles. The number of aliphatic hydroxyl groups is 1. The zero-order valence-corrected chi connectivity index (χ0v) is 11.8. The molecule has 1 aliphatic rings. The fourth-order valence-electron chi connectivity index (χ4n) is 2.35.